The summed E-state index contributed by atoms with van der Waals surface area (Å²) in [5.41, 5.74) is 2.85. The van der Waals surface area contributed by atoms with Gasteiger partial charge in [0, 0.05) is 4.88 Å². The molecule has 96 valence electrons. The lowest BCUT2D eigenvalue weighted by molar-refractivity contribution is 0.275. The van der Waals surface area contributed by atoms with Gasteiger partial charge in [0.05, 0.1) is 18.0 Å². The van der Waals surface area contributed by atoms with Crippen LogP contribution in [-0.4, -0.2) is 25.1 Å². The molecular formula is C12H16N4OS. The minimum Gasteiger partial charge on any atom is -0.390 e. The van der Waals surface area contributed by atoms with Gasteiger partial charge in [-0.1, -0.05) is 23.5 Å². The zero-order valence-corrected chi connectivity index (χ0v) is 11.2. The number of nitrogens with zero attached hydrogens (tertiary/aromatic N) is 4. The second-order valence-corrected chi connectivity index (χ2v) is 5.54. The van der Waals surface area contributed by atoms with E-state index in [2.05, 4.69) is 15.3 Å². The van der Waals surface area contributed by atoms with Crippen LogP contribution in [0.1, 0.15) is 41.7 Å². The SMILES string of the molecule is CCc1c(CO)nnn1-c1nc2c(s1)CCCC2. The van der Waals surface area contributed by atoms with Gasteiger partial charge in [-0.05, 0) is 32.1 Å². The Labute approximate surface area is 109 Å². The summed E-state index contributed by atoms with van der Waals surface area (Å²) in [4.78, 5) is 6.06. The van der Waals surface area contributed by atoms with Crippen LogP contribution in [-0.2, 0) is 25.9 Å². The molecule has 2 heterocycles. The van der Waals surface area contributed by atoms with Crippen LogP contribution in [0.25, 0.3) is 5.13 Å². The van der Waals surface area contributed by atoms with Crippen LogP contribution in [0.4, 0.5) is 0 Å². The third-order valence-electron chi connectivity index (χ3n) is 3.34. The molecular weight excluding hydrogens is 248 g/mol. The van der Waals surface area contributed by atoms with Crippen LogP contribution in [0.2, 0.25) is 0 Å². The second-order valence-electron chi connectivity index (χ2n) is 4.48. The molecule has 0 atom stereocenters. The van der Waals surface area contributed by atoms with E-state index in [1.54, 1.807) is 16.0 Å². The minimum atomic E-state index is -0.0612. The van der Waals surface area contributed by atoms with Gasteiger partial charge in [0.1, 0.15) is 5.69 Å². The highest BCUT2D eigenvalue weighted by Crippen LogP contribution is 2.29. The molecule has 0 aliphatic heterocycles. The molecule has 0 fully saturated rings. The summed E-state index contributed by atoms with van der Waals surface area (Å²) in [6, 6.07) is 0. The normalized spacial score (nSPS) is 14.8. The predicted octanol–water partition coefficient (Wildman–Crippen LogP) is 1.66. The Hall–Kier alpha value is -1.27. The van der Waals surface area contributed by atoms with Gasteiger partial charge in [-0.15, -0.1) is 5.10 Å². The number of hydrogen-bond acceptors (Lipinski definition) is 5. The monoisotopic (exact) mass is 264 g/mol. The Morgan fingerprint density at radius 3 is 2.89 bits per heavy atom. The largest absolute Gasteiger partial charge is 0.390 e. The molecule has 0 saturated carbocycles. The molecule has 0 spiro atoms. The first-order valence-corrected chi connectivity index (χ1v) is 7.18. The minimum absolute atomic E-state index is 0.0612. The van der Waals surface area contributed by atoms with Crippen molar-refractivity contribution in [1.29, 1.82) is 0 Å². The van der Waals surface area contributed by atoms with Crippen molar-refractivity contribution in [3.8, 4) is 5.13 Å². The van der Waals surface area contributed by atoms with E-state index in [-0.39, 0.29) is 6.61 Å². The van der Waals surface area contributed by atoms with E-state index < -0.39 is 0 Å². The van der Waals surface area contributed by atoms with Crippen molar-refractivity contribution in [3.05, 3.63) is 22.0 Å². The molecule has 6 heteroatoms. The molecule has 0 unspecified atom stereocenters. The van der Waals surface area contributed by atoms with Gasteiger partial charge in [0.2, 0.25) is 5.13 Å². The molecule has 0 amide bonds. The zero-order valence-electron chi connectivity index (χ0n) is 10.4. The Morgan fingerprint density at radius 2 is 2.17 bits per heavy atom. The quantitative estimate of drug-likeness (QED) is 0.915. The van der Waals surface area contributed by atoms with Crippen molar-refractivity contribution in [2.24, 2.45) is 0 Å². The fourth-order valence-electron chi connectivity index (χ4n) is 2.39. The van der Waals surface area contributed by atoms with Crippen molar-refractivity contribution in [3.63, 3.8) is 0 Å². The van der Waals surface area contributed by atoms with Gasteiger partial charge in [-0.3, -0.25) is 0 Å². The summed E-state index contributed by atoms with van der Waals surface area (Å²) in [5.74, 6) is 0. The molecule has 2 aromatic heterocycles. The van der Waals surface area contributed by atoms with E-state index in [9.17, 15) is 5.11 Å². The average molecular weight is 264 g/mol. The maximum atomic E-state index is 9.24. The number of fused-ring (bicyclic) bond motifs is 1. The first kappa shape index (κ1) is 11.8. The lowest BCUT2D eigenvalue weighted by Gasteiger charge is -2.06. The molecule has 1 N–H and O–H groups in total. The number of rotatable bonds is 3. The number of aliphatic hydroxyl groups excluding tert-OH is 1. The molecule has 18 heavy (non-hydrogen) atoms. The maximum Gasteiger partial charge on any atom is 0.212 e. The topological polar surface area (TPSA) is 63.8 Å². The predicted molar refractivity (Wildman–Crippen MR) is 69.0 cm³/mol. The van der Waals surface area contributed by atoms with Crippen LogP contribution in [0, 0.1) is 0 Å². The van der Waals surface area contributed by atoms with Gasteiger partial charge in [0.25, 0.3) is 0 Å². The molecule has 0 aromatic carbocycles. The van der Waals surface area contributed by atoms with Crippen LogP contribution in [0.15, 0.2) is 0 Å². The highest BCUT2D eigenvalue weighted by atomic mass is 32.1. The second kappa shape index (κ2) is 4.78. The standard InChI is InChI=1S/C12H16N4OS/c1-2-10-9(7-17)14-15-16(10)12-13-8-5-3-4-6-11(8)18-12/h17H,2-7H2,1H3. The van der Waals surface area contributed by atoms with Crippen molar-refractivity contribution in [2.45, 2.75) is 45.6 Å². The Balaban J connectivity index is 2.04. The van der Waals surface area contributed by atoms with Crippen LogP contribution in [0.5, 0.6) is 0 Å². The van der Waals surface area contributed by atoms with E-state index in [0.717, 1.165) is 30.1 Å². The summed E-state index contributed by atoms with van der Waals surface area (Å²) in [6.07, 6.45) is 5.50. The molecule has 0 saturated heterocycles. The summed E-state index contributed by atoms with van der Waals surface area (Å²) < 4.78 is 1.79. The van der Waals surface area contributed by atoms with E-state index >= 15 is 0 Å². The van der Waals surface area contributed by atoms with Gasteiger partial charge in [0.15, 0.2) is 0 Å². The first-order chi connectivity index (χ1) is 8.83. The first-order valence-electron chi connectivity index (χ1n) is 6.36. The lowest BCUT2D eigenvalue weighted by Crippen LogP contribution is -2.03. The number of aliphatic hydroxyl groups is 1. The van der Waals surface area contributed by atoms with E-state index in [0.29, 0.717) is 5.69 Å². The number of aromatic nitrogens is 4. The fourth-order valence-corrected chi connectivity index (χ4v) is 3.51. The van der Waals surface area contributed by atoms with E-state index in [1.165, 1.54) is 23.4 Å². The summed E-state index contributed by atoms with van der Waals surface area (Å²) >= 11 is 1.71. The Morgan fingerprint density at radius 1 is 1.33 bits per heavy atom. The summed E-state index contributed by atoms with van der Waals surface area (Å²) in [5, 5.41) is 18.3. The maximum absolute atomic E-state index is 9.24. The molecule has 3 rings (SSSR count). The summed E-state index contributed by atoms with van der Waals surface area (Å²) in [6.45, 7) is 1.98. The van der Waals surface area contributed by atoms with Gasteiger partial charge >= 0.3 is 0 Å². The van der Waals surface area contributed by atoms with Crippen LogP contribution in [0.3, 0.4) is 0 Å². The van der Waals surface area contributed by atoms with E-state index in [1.807, 2.05) is 6.92 Å². The van der Waals surface area contributed by atoms with Crippen molar-refractivity contribution in [2.75, 3.05) is 0 Å². The highest BCUT2D eigenvalue weighted by Gasteiger charge is 2.19. The van der Waals surface area contributed by atoms with Gasteiger partial charge in [-0.25, -0.2) is 4.98 Å². The fraction of sp³-hybridized carbons (Fsp3) is 0.583. The molecule has 5 nitrogen and oxygen atoms in total. The highest BCUT2D eigenvalue weighted by molar-refractivity contribution is 7.14. The number of thiazole rings is 1. The van der Waals surface area contributed by atoms with Crippen LogP contribution < -0.4 is 0 Å². The van der Waals surface area contributed by atoms with Gasteiger partial charge < -0.3 is 5.11 Å². The molecule has 1 aliphatic carbocycles. The van der Waals surface area contributed by atoms with Crippen molar-refractivity contribution >= 4 is 11.3 Å². The van der Waals surface area contributed by atoms with Crippen molar-refractivity contribution < 1.29 is 5.11 Å². The third-order valence-corrected chi connectivity index (χ3v) is 4.48. The van der Waals surface area contributed by atoms with E-state index in [4.69, 9.17) is 0 Å². The van der Waals surface area contributed by atoms with Crippen molar-refractivity contribution in [1.82, 2.24) is 20.0 Å². The zero-order chi connectivity index (χ0) is 12.5. The Bertz CT molecular complexity index is 537. The molecule has 2 aromatic rings. The average Bonchev–Trinajstić information content (AvgIpc) is 3.00. The number of hydrogen-bond donors (Lipinski definition) is 1. The Kier molecular flexibility index (Phi) is 3.13. The molecule has 0 radical (unpaired) electrons. The third kappa shape index (κ3) is 1.85. The smallest absolute Gasteiger partial charge is 0.212 e. The molecule has 0 bridgehead atoms. The lowest BCUT2D eigenvalue weighted by atomic mass is 10.0. The van der Waals surface area contributed by atoms with Gasteiger partial charge in [-0.2, -0.15) is 4.68 Å². The molecule has 1 aliphatic rings. The van der Waals surface area contributed by atoms with Crippen LogP contribution >= 0.6 is 11.3 Å². The summed E-state index contributed by atoms with van der Waals surface area (Å²) in [7, 11) is 0. The number of aryl methyl sites for hydroxylation is 2.